The average molecular weight is 332 g/mol. The van der Waals surface area contributed by atoms with Crippen LogP contribution in [0.5, 0.6) is 11.5 Å². The van der Waals surface area contributed by atoms with Gasteiger partial charge in [-0.25, -0.2) is 8.42 Å². The zero-order chi connectivity index (χ0) is 16.4. The zero-order valence-corrected chi connectivity index (χ0v) is 13.4. The van der Waals surface area contributed by atoms with Crippen LogP contribution < -0.4 is 9.47 Å². The molecule has 5 nitrogen and oxygen atoms in total. The molecule has 2 aromatic carbocycles. The smallest absolute Gasteiger partial charge is 0.200 e. The van der Waals surface area contributed by atoms with Crippen LogP contribution in [-0.4, -0.2) is 33.7 Å². The molecule has 0 saturated heterocycles. The molecule has 1 heterocycles. The Morgan fingerprint density at radius 3 is 2.61 bits per heavy atom. The second-order valence-corrected chi connectivity index (χ2v) is 7.39. The van der Waals surface area contributed by atoms with Crippen LogP contribution in [0.15, 0.2) is 47.4 Å². The Labute approximate surface area is 134 Å². The second kappa shape index (κ2) is 6.04. The lowest BCUT2D eigenvalue weighted by Gasteiger charge is -2.07. The third kappa shape index (κ3) is 3.53. The van der Waals surface area contributed by atoms with Crippen LogP contribution in [0.1, 0.15) is 15.9 Å². The van der Waals surface area contributed by atoms with Crippen molar-refractivity contribution in [1.29, 1.82) is 0 Å². The van der Waals surface area contributed by atoms with Gasteiger partial charge in [-0.1, -0.05) is 0 Å². The predicted octanol–water partition coefficient (Wildman–Crippen LogP) is 2.29. The molecule has 1 aliphatic heterocycles. The van der Waals surface area contributed by atoms with E-state index >= 15 is 0 Å². The maximum absolute atomic E-state index is 12.2. The minimum Gasteiger partial charge on any atom is -0.493 e. The van der Waals surface area contributed by atoms with Gasteiger partial charge in [0.25, 0.3) is 0 Å². The first-order valence-electron chi connectivity index (χ1n) is 7.15. The summed E-state index contributed by atoms with van der Waals surface area (Å²) in [7, 11) is -3.23. The molecule has 0 aromatic heterocycles. The summed E-state index contributed by atoms with van der Waals surface area (Å²) in [5, 5.41) is 0. The monoisotopic (exact) mass is 332 g/mol. The van der Waals surface area contributed by atoms with Gasteiger partial charge in [0, 0.05) is 18.2 Å². The predicted molar refractivity (Wildman–Crippen MR) is 85.0 cm³/mol. The molecular formula is C17H16O5S. The Balaban J connectivity index is 1.65. The van der Waals surface area contributed by atoms with E-state index in [2.05, 4.69) is 0 Å². The number of benzene rings is 2. The number of hydrogen-bond donors (Lipinski definition) is 0. The Bertz CT molecular complexity index is 838. The molecule has 6 heteroatoms. The van der Waals surface area contributed by atoms with E-state index in [1.54, 1.807) is 24.3 Å². The van der Waals surface area contributed by atoms with Gasteiger partial charge in [-0.3, -0.25) is 4.79 Å². The lowest BCUT2D eigenvalue weighted by molar-refractivity contribution is 0.0921. The summed E-state index contributed by atoms with van der Waals surface area (Å²) >= 11 is 0. The quantitative estimate of drug-likeness (QED) is 0.786. The minimum absolute atomic E-state index is 0.0993. The van der Waals surface area contributed by atoms with Crippen molar-refractivity contribution >= 4 is 15.6 Å². The topological polar surface area (TPSA) is 69.7 Å². The highest BCUT2D eigenvalue weighted by Gasteiger charge is 2.15. The highest BCUT2D eigenvalue weighted by molar-refractivity contribution is 7.90. The van der Waals surface area contributed by atoms with Crippen molar-refractivity contribution in [3.05, 3.63) is 53.6 Å². The van der Waals surface area contributed by atoms with E-state index in [0.29, 0.717) is 17.9 Å². The van der Waals surface area contributed by atoms with E-state index in [0.717, 1.165) is 24.0 Å². The van der Waals surface area contributed by atoms with Crippen molar-refractivity contribution in [3.63, 3.8) is 0 Å². The van der Waals surface area contributed by atoms with E-state index < -0.39 is 9.84 Å². The Morgan fingerprint density at radius 2 is 1.91 bits per heavy atom. The van der Waals surface area contributed by atoms with Crippen LogP contribution in [0.25, 0.3) is 0 Å². The number of carbonyl (C=O) groups excluding carboxylic acids is 1. The maximum Gasteiger partial charge on any atom is 0.200 e. The summed E-state index contributed by atoms with van der Waals surface area (Å²) in [5.41, 5.74) is 1.62. The minimum atomic E-state index is -3.23. The molecule has 0 amide bonds. The van der Waals surface area contributed by atoms with E-state index in [1.165, 1.54) is 12.1 Å². The summed E-state index contributed by atoms with van der Waals surface area (Å²) in [6.45, 7) is 0.550. The first kappa shape index (κ1) is 15.6. The summed E-state index contributed by atoms with van der Waals surface area (Å²) in [6.07, 6.45) is 1.95. The molecule has 0 atom stereocenters. The van der Waals surface area contributed by atoms with Crippen LogP contribution in [0.3, 0.4) is 0 Å². The van der Waals surface area contributed by atoms with Gasteiger partial charge in [0.05, 0.1) is 11.5 Å². The summed E-state index contributed by atoms with van der Waals surface area (Å²) < 4.78 is 33.6. The number of Topliss-reactive ketones (excluding diaryl/α,β-unsaturated/α-hetero) is 1. The number of carbonyl (C=O) groups is 1. The van der Waals surface area contributed by atoms with Crippen molar-refractivity contribution < 1.29 is 22.7 Å². The van der Waals surface area contributed by atoms with Crippen molar-refractivity contribution in [1.82, 2.24) is 0 Å². The lowest BCUT2D eigenvalue weighted by atomic mass is 10.1. The van der Waals surface area contributed by atoms with Gasteiger partial charge in [-0.2, -0.15) is 0 Å². The van der Waals surface area contributed by atoms with Crippen LogP contribution in [-0.2, 0) is 16.3 Å². The fourth-order valence-electron chi connectivity index (χ4n) is 2.38. The first-order valence-corrected chi connectivity index (χ1v) is 9.04. The van der Waals surface area contributed by atoms with Crippen molar-refractivity contribution in [2.24, 2.45) is 0 Å². The van der Waals surface area contributed by atoms with Crippen molar-refractivity contribution in [2.75, 3.05) is 19.5 Å². The largest absolute Gasteiger partial charge is 0.493 e. The normalized spacial score (nSPS) is 13.3. The van der Waals surface area contributed by atoms with E-state index in [9.17, 15) is 13.2 Å². The summed E-state index contributed by atoms with van der Waals surface area (Å²) in [5.74, 6) is 1.15. The fraction of sp³-hybridized carbons (Fsp3) is 0.235. The highest BCUT2D eigenvalue weighted by atomic mass is 32.2. The molecule has 0 saturated carbocycles. The molecule has 3 rings (SSSR count). The van der Waals surface area contributed by atoms with E-state index in [4.69, 9.17) is 9.47 Å². The number of ether oxygens (including phenoxy) is 2. The average Bonchev–Trinajstić information content (AvgIpc) is 2.99. The van der Waals surface area contributed by atoms with E-state index in [1.807, 2.05) is 6.07 Å². The first-order chi connectivity index (χ1) is 10.9. The molecule has 0 fully saturated rings. The molecule has 0 unspecified atom stereocenters. The SMILES string of the molecule is CS(=O)(=O)c1ccc(OCC(=O)c2ccc3c(c2)CCO3)cc1. The van der Waals surface area contributed by atoms with Gasteiger partial charge in [-0.15, -0.1) is 0 Å². The third-order valence-electron chi connectivity index (χ3n) is 3.63. The molecule has 0 N–H and O–H groups in total. The van der Waals surface area contributed by atoms with Gasteiger partial charge in [0.2, 0.25) is 0 Å². The third-order valence-corrected chi connectivity index (χ3v) is 4.76. The Morgan fingerprint density at radius 1 is 1.17 bits per heavy atom. The van der Waals surface area contributed by atoms with Crippen LogP contribution in [0.2, 0.25) is 0 Å². The molecule has 1 aliphatic rings. The van der Waals surface area contributed by atoms with E-state index in [-0.39, 0.29) is 17.3 Å². The van der Waals surface area contributed by atoms with Crippen molar-refractivity contribution in [2.45, 2.75) is 11.3 Å². The number of fused-ring (bicyclic) bond motifs is 1. The molecule has 0 radical (unpaired) electrons. The van der Waals surface area contributed by atoms with Gasteiger partial charge in [-0.05, 0) is 48.0 Å². The van der Waals surface area contributed by atoms with Gasteiger partial charge in [0.1, 0.15) is 11.5 Å². The van der Waals surface area contributed by atoms with Crippen LogP contribution in [0, 0.1) is 0 Å². The molecule has 120 valence electrons. The number of rotatable bonds is 5. The summed E-state index contributed by atoms with van der Waals surface area (Å²) in [6, 6.07) is 11.4. The molecule has 0 aliphatic carbocycles. The zero-order valence-electron chi connectivity index (χ0n) is 12.6. The van der Waals surface area contributed by atoms with Gasteiger partial charge < -0.3 is 9.47 Å². The van der Waals surface area contributed by atoms with Crippen LogP contribution in [0.4, 0.5) is 0 Å². The fourth-order valence-corrected chi connectivity index (χ4v) is 3.01. The molecule has 23 heavy (non-hydrogen) atoms. The number of hydrogen-bond acceptors (Lipinski definition) is 5. The molecule has 0 bridgehead atoms. The molecule has 2 aromatic rings. The second-order valence-electron chi connectivity index (χ2n) is 5.38. The maximum atomic E-state index is 12.2. The highest BCUT2D eigenvalue weighted by Crippen LogP contribution is 2.26. The molecule has 0 spiro atoms. The van der Waals surface area contributed by atoms with Crippen LogP contribution >= 0.6 is 0 Å². The van der Waals surface area contributed by atoms with Crippen molar-refractivity contribution in [3.8, 4) is 11.5 Å². The molecular weight excluding hydrogens is 316 g/mol. The number of ketones is 1. The lowest BCUT2D eigenvalue weighted by Crippen LogP contribution is -2.11. The Hall–Kier alpha value is -2.34. The Kier molecular flexibility index (Phi) is 4.09. The summed E-state index contributed by atoms with van der Waals surface area (Å²) in [4.78, 5) is 12.4. The van der Waals surface area contributed by atoms with Gasteiger partial charge >= 0.3 is 0 Å². The van der Waals surface area contributed by atoms with Gasteiger partial charge in [0.15, 0.2) is 22.2 Å². The number of sulfone groups is 1. The standard InChI is InChI=1S/C17H16O5S/c1-23(19,20)15-5-3-14(4-6-15)22-11-16(18)12-2-7-17-13(10-12)8-9-21-17/h2-7,10H,8-9,11H2,1H3.